The number of fused-ring (bicyclic) bond motifs is 4. The SMILES string of the molecule is CC[C@]1(C(=O)N2CCOC[C@H]2C)CCc2c(sc3ncnc(Nc4cc5c(cc4OC)CN=C5)c23)C1. The maximum atomic E-state index is 13.8. The number of ether oxygens (including phenoxy) is 2. The number of hydrogen-bond donors (Lipinski definition) is 1. The van der Waals surface area contributed by atoms with Crippen molar-refractivity contribution in [3.05, 3.63) is 40.0 Å². The number of benzene rings is 1. The van der Waals surface area contributed by atoms with Crippen LogP contribution in [0, 0.1) is 5.41 Å². The van der Waals surface area contributed by atoms with Crippen molar-refractivity contribution in [3.63, 3.8) is 0 Å². The summed E-state index contributed by atoms with van der Waals surface area (Å²) in [5, 5.41) is 4.59. The molecule has 3 aromatic rings. The van der Waals surface area contributed by atoms with Crippen LogP contribution >= 0.6 is 11.3 Å². The van der Waals surface area contributed by atoms with Gasteiger partial charge in [-0.3, -0.25) is 9.79 Å². The summed E-state index contributed by atoms with van der Waals surface area (Å²) in [7, 11) is 1.68. The molecular weight excluding hydrogens is 474 g/mol. The van der Waals surface area contributed by atoms with Crippen LogP contribution in [0.1, 0.15) is 48.3 Å². The first-order chi connectivity index (χ1) is 17.5. The Balaban J connectivity index is 1.35. The van der Waals surface area contributed by atoms with Gasteiger partial charge in [-0.1, -0.05) is 6.92 Å². The third kappa shape index (κ3) is 3.76. The number of carbonyl (C=O) groups is 1. The fraction of sp³-hybridized carbons (Fsp3) is 0.481. The minimum absolute atomic E-state index is 0.118. The van der Waals surface area contributed by atoms with E-state index >= 15 is 0 Å². The average molecular weight is 506 g/mol. The molecule has 6 rings (SSSR count). The second kappa shape index (κ2) is 9.12. The van der Waals surface area contributed by atoms with Crippen LogP contribution in [0.4, 0.5) is 11.5 Å². The van der Waals surface area contributed by atoms with Gasteiger partial charge in [0.25, 0.3) is 0 Å². The van der Waals surface area contributed by atoms with Gasteiger partial charge in [0.15, 0.2) is 0 Å². The van der Waals surface area contributed by atoms with Gasteiger partial charge in [-0.2, -0.15) is 0 Å². The van der Waals surface area contributed by atoms with Crippen LogP contribution in [-0.4, -0.2) is 59.9 Å². The van der Waals surface area contributed by atoms with Gasteiger partial charge in [-0.15, -0.1) is 11.3 Å². The van der Waals surface area contributed by atoms with Crippen molar-refractivity contribution in [3.8, 4) is 5.75 Å². The largest absolute Gasteiger partial charge is 0.495 e. The fourth-order valence-corrected chi connectivity index (χ4v) is 7.13. The van der Waals surface area contributed by atoms with Crippen molar-refractivity contribution < 1.29 is 14.3 Å². The summed E-state index contributed by atoms with van der Waals surface area (Å²) in [6.07, 6.45) is 6.76. The highest BCUT2D eigenvalue weighted by molar-refractivity contribution is 7.19. The first kappa shape index (κ1) is 23.4. The summed E-state index contributed by atoms with van der Waals surface area (Å²) in [5.74, 6) is 1.83. The van der Waals surface area contributed by atoms with E-state index in [0.717, 1.165) is 64.3 Å². The van der Waals surface area contributed by atoms with E-state index in [4.69, 9.17) is 9.47 Å². The average Bonchev–Trinajstić information content (AvgIpc) is 3.51. The Bertz CT molecular complexity index is 1370. The number of amides is 1. The number of aryl methyl sites for hydroxylation is 1. The van der Waals surface area contributed by atoms with E-state index in [0.29, 0.717) is 26.3 Å². The van der Waals surface area contributed by atoms with Crippen LogP contribution in [0.25, 0.3) is 10.2 Å². The molecule has 9 heteroatoms. The molecule has 1 N–H and O–H groups in total. The Morgan fingerprint density at radius 2 is 2.25 bits per heavy atom. The molecule has 0 unspecified atom stereocenters. The van der Waals surface area contributed by atoms with E-state index in [1.54, 1.807) is 24.8 Å². The number of nitrogens with zero attached hydrogens (tertiary/aromatic N) is 4. The number of aromatic nitrogens is 2. The Kier molecular flexibility index (Phi) is 5.92. The molecule has 36 heavy (non-hydrogen) atoms. The van der Waals surface area contributed by atoms with E-state index in [2.05, 4.69) is 40.2 Å². The zero-order valence-electron chi connectivity index (χ0n) is 21.0. The van der Waals surface area contributed by atoms with Gasteiger partial charge in [-0.25, -0.2) is 9.97 Å². The van der Waals surface area contributed by atoms with Crippen molar-refractivity contribution in [2.45, 2.75) is 52.1 Å². The number of carbonyl (C=O) groups excluding carboxylic acids is 1. The van der Waals surface area contributed by atoms with Gasteiger partial charge in [0.2, 0.25) is 5.91 Å². The van der Waals surface area contributed by atoms with Crippen LogP contribution in [0.2, 0.25) is 0 Å². The molecule has 0 bridgehead atoms. The third-order valence-corrected chi connectivity index (χ3v) is 9.13. The molecule has 1 fully saturated rings. The van der Waals surface area contributed by atoms with E-state index in [1.807, 2.05) is 17.2 Å². The number of anilines is 2. The van der Waals surface area contributed by atoms with Gasteiger partial charge in [0.05, 0.1) is 49.4 Å². The highest BCUT2D eigenvalue weighted by atomic mass is 32.1. The molecule has 1 saturated heterocycles. The minimum atomic E-state index is -0.372. The zero-order chi connectivity index (χ0) is 24.9. The summed E-state index contributed by atoms with van der Waals surface area (Å²) in [6.45, 7) is 6.82. The lowest BCUT2D eigenvalue weighted by Gasteiger charge is -2.43. The predicted octanol–water partition coefficient (Wildman–Crippen LogP) is 4.51. The standard InChI is InChI=1S/C27H31N5O3S/c1-4-27(26(33)32-7-8-35-14-16(32)2)6-5-19-22(11-27)36-25-23(19)24(29-15-30-25)31-20-9-17-12-28-13-18(17)10-21(20)34-3/h9-10,12,15-16H,4-8,11,13-14H2,1-3H3,(H,29,30,31)/t16-,27+/m1/s1. The summed E-state index contributed by atoms with van der Waals surface area (Å²) >= 11 is 1.70. The molecule has 188 valence electrons. The number of hydrogen-bond acceptors (Lipinski definition) is 8. The Hall–Kier alpha value is -3.04. The molecular formula is C27H31N5O3S. The topological polar surface area (TPSA) is 88.9 Å². The van der Waals surface area contributed by atoms with E-state index in [-0.39, 0.29) is 17.4 Å². The van der Waals surface area contributed by atoms with Crippen molar-refractivity contribution in [2.75, 3.05) is 32.2 Å². The predicted molar refractivity (Wildman–Crippen MR) is 142 cm³/mol. The highest BCUT2D eigenvalue weighted by Gasteiger charge is 2.45. The van der Waals surface area contributed by atoms with Crippen molar-refractivity contribution in [1.29, 1.82) is 0 Å². The second-order valence-corrected chi connectivity index (χ2v) is 11.1. The normalized spacial score (nSPS) is 23.0. The fourth-order valence-electron chi connectivity index (χ4n) is 5.80. The lowest BCUT2D eigenvalue weighted by Crippen LogP contribution is -2.54. The Labute approximate surface area is 214 Å². The first-order valence-corrected chi connectivity index (χ1v) is 13.5. The van der Waals surface area contributed by atoms with Gasteiger partial charge in [0, 0.05) is 17.6 Å². The van der Waals surface area contributed by atoms with Gasteiger partial charge < -0.3 is 19.7 Å². The van der Waals surface area contributed by atoms with Crippen LogP contribution < -0.4 is 10.1 Å². The number of nitrogens with one attached hydrogen (secondary N) is 1. The second-order valence-electron chi connectivity index (χ2n) is 9.99. The number of morpholine rings is 1. The van der Waals surface area contributed by atoms with Crippen molar-refractivity contribution in [2.24, 2.45) is 10.4 Å². The molecule has 2 aliphatic heterocycles. The summed E-state index contributed by atoms with van der Waals surface area (Å²) in [4.78, 5) is 31.7. The lowest BCUT2D eigenvalue weighted by atomic mass is 9.71. The smallest absolute Gasteiger partial charge is 0.229 e. The number of aliphatic imine (C=N–C) groups is 1. The number of methoxy groups -OCH3 is 1. The molecule has 1 aliphatic carbocycles. The molecule has 2 atom stereocenters. The maximum Gasteiger partial charge on any atom is 0.229 e. The third-order valence-electron chi connectivity index (χ3n) is 7.99. The summed E-state index contributed by atoms with van der Waals surface area (Å²) in [6, 6.07) is 4.23. The van der Waals surface area contributed by atoms with E-state index < -0.39 is 0 Å². The number of rotatable bonds is 5. The van der Waals surface area contributed by atoms with Crippen LogP contribution in [0.5, 0.6) is 5.75 Å². The molecule has 0 spiro atoms. The molecule has 1 aromatic carbocycles. The summed E-state index contributed by atoms with van der Waals surface area (Å²) < 4.78 is 11.3. The monoisotopic (exact) mass is 505 g/mol. The van der Waals surface area contributed by atoms with E-state index in [1.165, 1.54) is 10.4 Å². The molecule has 8 nitrogen and oxygen atoms in total. The Morgan fingerprint density at radius 3 is 3.06 bits per heavy atom. The van der Waals surface area contributed by atoms with E-state index in [9.17, 15) is 4.79 Å². The van der Waals surface area contributed by atoms with Gasteiger partial charge >= 0.3 is 0 Å². The van der Waals surface area contributed by atoms with Crippen molar-refractivity contribution >= 4 is 45.2 Å². The summed E-state index contributed by atoms with van der Waals surface area (Å²) in [5.41, 5.74) is 4.02. The van der Waals surface area contributed by atoms with Crippen LogP contribution in [0.3, 0.4) is 0 Å². The number of thiophene rings is 1. The van der Waals surface area contributed by atoms with Crippen LogP contribution in [-0.2, 0) is 28.9 Å². The quantitative estimate of drug-likeness (QED) is 0.549. The lowest BCUT2D eigenvalue weighted by molar-refractivity contribution is -0.151. The molecule has 0 radical (unpaired) electrons. The maximum absolute atomic E-state index is 13.8. The zero-order valence-corrected chi connectivity index (χ0v) is 21.8. The minimum Gasteiger partial charge on any atom is -0.495 e. The van der Waals surface area contributed by atoms with Gasteiger partial charge in [0.1, 0.15) is 22.7 Å². The molecule has 1 amide bonds. The molecule has 2 aromatic heterocycles. The molecule has 3 aliphatic rings. The van der Waals surface area contributed by atoms with Crippen LogP contribution in [0.15, 0.2) is 23.5 Å². The van der Waals surface area contributed by atoms with Gasteiger partial charge in [-0.05, 0) is 61.4 Å². The van der Waals surface area contributed by atoms with Crippen molar-refractivity contribution in [1.82, 2.24) is 14.9 Å². The highest BCUT2D eigenvalue weighted by Crippen LogP contribution is 2.47. The molecule has 4 heterocycles. The Morgan fingerprint density at radius 1 is 1.36 bits per heavy atom. The molecule has 0 saturated carbocycles. The first-order valence-electron chi connectivity index (χ1n) is 12.6.